The molecule has 0 amide bonds. The average molecular weight is 220 g/mol. The van der Waals surface area contributed by atoms with Gasteiger partial charge in [-0.1, -0.05) is 6.92 Å². The van der Waals surface area contributed by atoms with Crippen LogP contribution in [0.5, 0.6) is 0 Å². The van der Waals surface area contributed by atoms with E-state index in [4.69, 9.17) is 0 Å². The lowest BCUT2D eigenvalue weighted by Gasteiger charge is -2.01. The molecule has 0 N–H and O–H groups in total. The number of aryl methyl sites for hydroxylation is 1. The van der Waals surface area contributed by atoms with Gasteiger partial charge in [-0.05, 0) is 54.6 Å². The predicted octanol–water partition coefficient (Wildman–Crippen LogP) is 3.72. The van der Waals surface area contributed by atoms with Crippen molar-refractivity contribution in [2.45, 2.75) is 13.3 Å². The number of rotatable bonds is 3. The SMILES string of the molecule is CCc1cc(N=C=S)ccc1N=C=S. The number of aliphatic imine (C=N–C) groups is 2. The maximum absolute atomic E-state index is 4.56. The summed E-state index contributed by atoms with van der Waals surface area (Å²) < 4.78 is 0. The fourth-order valence-corrected chi connectivity index (χ4v) is 1.34. The van der Waals surface area contributed by atoms with Gasteiger partial charge in [0.2, 0.25) is 0 Å². The summed E-state index contributed by atoms with van der Waals surface area (Å²) in [6.45, 7) is 2.04. The van der Waals surface area contributed by atoms with Gasteiger partial charge >= 0.3 is 0 Å². The second-order valence-electron chi connectivity index (χ2n) is 2.57. The van der Waals surface area contributed by atoms with Gasteiger partial charge in [0.1, 0.15) is 0 Å². The smallest absolute Gasteiger partial charge is 0.0772 e. The molecule has 0 saturated carbocycles. The van der Waals surface area contributed by atoms with Gasteiger partial charge in [0.25, 0.3) is 0 Å². The van der Waals surface area contributed by atoms with Crippen LogP contribution in [0.3, 0.4) is 0 Å². The van der Waals surface area contributed by atoms with Gasteiger partial charge in [0.15, 0.2) is 0 Å². The quantitative estimate of drug-likeness (QED) is 0.573. The highest BCUT2D eigenvalue weighted by Crippen LogP contribution is 2.24. The molecule has 0 radical (unpaired) electrons. The van der Waals surface area contributed by atoms with Crippen LogP contribution in [-0.2, 0) is 6.42 Å². The number of isothiocyanates is 2. The molecule has 14 heavy (non-hydrogen) atoms. The van der Waals surface area contributed by atoms with E-state index >= 15 is 0 Å². The van der Waals surface area contributed by atoms with E-state index in [2.05, 4.69) is 44.7 Å². The Morgan fingerprint density at radius 2 is 1.93 bits per heavy atom. The maximum Gasteiger partial charge on any atom is 0.0772 e. The predicted molar refractivity (Wildman–Crippen MR) is 65.2 cm³/mol. The van der Waals surface area contributed by atoms with Crippen LogP contribution in [0.2, 0.25) is 0 Å². The van der Waals surface area contributed by atoms with E-state index in [9.17, 15) is 0 Å². The first kappa shape index (κ1) is 10.9. The van der Waals surface area contributed by atoms with Crippen LogP contribution >= 0.6 is 24.4 Å². The minimum atomic E-state index is 0.792. The molecule has 0 aliphatic carbocycles. The molecule has 4 heteroatoms. The van der Waals surface area contributed by atoms with Crippen LogP contribution in [0, 0.1) is 0 Å². The van der Waals surface area contributed by atoms with Crippen molar-refractivity contribution in [3.63, 3.8) is 0 Å². The summed E-state index contributed by atoms with van der Waals surface area (Å²) in [5.74, 6) is 0. The van der Waals surface area contributed by atoms with Crippen LogP contribution in [-0.4, -0.2) is 10.3 Å². The molecule has 0 aromatic heterocycles. The minimum absolute atomic E-state index is 0.792. The second kappa shape index (κ2) is 5.53. The van der Waals surface area contributed by atoms with Crippen molar-refractivity contribution in [2.75, 3.05) is 0 Å². The van der Waals surface area contributed by atoms with Gasteiger partial charge in [0, 0.05) is 0 Å². The van der Waals surface area contributed by atoms with Gasteiger partial charge < -0.3 is 0 Å². The standard InChI is InChI=1S/C10H8N2S2/c1-2-8-5-9(11-6-13)3-4-10(8)12-7-14/h3-5H,2H2,1H3. The molecule has 0 aliphatic rings. The summed E-state index contributed by atoms with van der Waals surface area (Å²) >= 11 is 9.08. The lowest BCUT2D eigenvalue weighted by molar-refractivity contribution is 1.13. The molecule has 1 aromatic carbocycles. The van der Waals surface area contributed by atoms with Crippen LogP contribution in [0.1, 0.15) is 12.5 Å². The van der Waals surface area contributed by atoms with Gasteiger partial charge in [-0.15, -0.1) is 0 Å². The molecular weight excluding hydrogens is 212 g/mol. The Hall–Kier alpha value is -1.18. The van der Waals surface area contributed by atoms with Gasteiger partial charge in [-0.2, -0.15) is 9.98 Å². The summed E-state index contributed by atoms with van der Waals surface area (Å²) in [6, 6.07) is 5.60. The van der Waals surface area contributed by atoms with E-state index < -0.39 is 0 Å². The van der Waals surface area contributed by atoms with E-state index in [1.807, 2.05) is 25.1 Å². The Morgan fingerprint density at radius 3 is 2.50 bits per heavy atom. The molecule has 70 valence electrons. The van der Waals surface area contributed by atoms with Crippen LogP contribution in [0.15, 0.2) is 28.2 Å². The highest BCUT2D eigenvalue weighted by Gasteiger charge is 1.99. The summed E-state index contributed by atoms with van der Waals surface area (Å²) in [5.41, 5.74) is 2.71. The zero-order valence-electron chi connectivity index (χ0n) is 7.65. The number of hydrogen-bond donors (Lipinski definition) is 0. The fraction of sp³-hybridized carbons (Fsp3) is 0.200. The van der Waals surface area contributed by atoms with Gasteiger partial charge in [-0.25, -0.2) is 0 Å². The molecule has 0 unspecified atom stereocenters. The number of thiocarbonyl (C=S) groups is 2. The first-order valence-corrected chi connectivity index (χ1v) is 4.92. The van der Waals surface area contributed by atoms with Crippen molar-refractivity contribution in [1.29, 1.82) is 0 Å². The Kier molecular flexibility index (Phi) is 4.30. The van der Waals surface area contributed by atoms with Crippen LogP contribution in [0.25, 0.3) is 0 Å². The molecule has 1 aromatic rings. The third-order valence-electron chi connectivity index (χ3n) is 1.78. The van der Waals surface area contributed by atoms with Crippen molar-refractivity contribution in [3.8, 4) is 0 Å². The van der Waals surface area contributed by atoms with Crippen molar-refractivity contribution in [3.05, 3.63) is 23.8 Å². The first-order chi connectivity index (χ1) is 6.81. The van der Waals surface area contributed by atoms with E-state index in [1.54, 1.807) is 0 Å². The van der Waals surface area contributed by atoms with Gasteiger partial charge in [0.05, 0.1) is 21.7 Å². The molecule has 1 rings (SSSR count). The fourth-order valence-electron chi connectivity index (χ4n) is 1.14. The van der Waals surface area contributed by atoms with Gasteiger partial charge in [-0.3, -0.25) is 0 Å². The third-order valence-corrected chi connectivity index (χ3v) is 1.97. The summed E-state index contributed by atoms with van der Waals surface area (Å²) in [4.78, 5) is 7.85. The van der Waals surface area contributed by atoms with Crippen molar-refractivity contribution < 1.29 is 0 Å². The van der Waals surface area contributed by atoms with Crippen LogP contribution < -0.4 is 0 Å². The lowest BCUT2D eigenvalue weighted by atomic mass is 10.1. The normalized spacial score (nSPS) is 8.64. The molecule has 0 spiro atoms. The number of benzene rings is 1. The highest BCUT2D eigenvalue weighted by molar-refractivity contribution is 7.78. The number of hydrogen-bond acceptors (Lipinski definition) is 4. The highest BCUT2D eigenvalue weighted by atomic mass is 32.1. The van der Waals surface area contributed by atoms with Crippen LogP contribution in [0.4, 0.5) is 11.4 Å². The van der Waals surface area contributed by atoms with Crippen molar-refractivity contribution in [1.82, 2.24) is 0 Å². The zero-order chi connectivity index (χ0) is 10.4. The van der Waals surface area contributed by atoms with E-state index in [-0.39, 0.29) is 0 Å². The van der Waals surface area contributed by atoms with Crippen molar-refractivity contribution in [2.24, 2.45) is 9.98 Å². The summed E-state index contributed by atoms with van der Waals surface area (Å²) in [6.07, 6.45) is 0.872. The van der Waals surface area contributed by atoms with E-state index in [0.717, 1.165) is 23.4 Å². The monoisotopic (exact) mass is 220 g/mol. The Balaban J connectivity index is 3.23. The summed E-state index contributed by atoms with van der Waals surface area (Å²) in [7, 11) is 0. The average Bonchev–Trinajstić information content (AvgIpc) is 2.21. The Labute approximate surface area is 93.4 Å². The summed E-state index contributed by atoms with van der Waals surface area (Å²) in [5, 5.41) is 4.68. The Morgan fingerprint density at radius 1 is 1.21 bits per heavy atom. The second-order valence-corrected chi connectivity index (χ2v) is 2.94. The lowest BCUT2D eigenvalue weighted by Crippen LogP contribution is -1.80. The molecular formula is C10H8N2S2. The molecule has 0 heterocycles. The minimum Gasteiger partial charge on any atom is -0.195 e. The molecule has 0 saturated heterocycles. The molecule has 0 fully saturated rings. The molecule has 0 atom stereocenters. The Bertz CT molecular complexity index is 428. The number of nitrogens with zero attached hydrogens (tertiary/aromatic N) is 2. The first-order valence-electron chi connectivity index (χ1n) is 4.10. The molecule has 0 bridgehead atoms. The largest absolute Gasteiger partial charge is 0.195 e. The topological polar surface area (TPSA) is 24.7 Å². The van der Waals surface area contributed by atoms with E-state index in [1.165, 1.54) is 0 Å². The van der Waals surface area contributed by atoms with Crippen molar-refractivity contribution >= 4 is 46.1 Å². The molecule has 2 nitrogen and oxygen atoms in total. The van der Waals surface area contributed by atoms with E-state index in [0.29, 0.717) is 0 Å². The maximum atomic E-state index is 4.56. The molecule has 0 aliphatic heterocycles. The third kappa shape index (κ3) is 2.66. The zero-order valence-corrected chi connectivity index (χ0v) is 9.28.